The normalized spacial score (nSPS) is 21.1. The number of hydrogen-bond acceptors (Lipinski definition) is 3. The van der Waals surface area contributed by atoms with Crippen LogP contribution in [-0.2, 0) is 0 Å². The Labute approximate surface area is 143 Å². The lowest BCUT2D eigenvalue weighted by molar-refractivity contribution is 0.0678. The third-order valence-electron chi connectivity index (χ3n) is 5.17. The number of amides is 3. The van der Waals surface area contributed by atoms with Crippen molar-refractivity contribution < 1.29 is 9.59 Å². The van der Waals surface area contributed by atoms with Crippen molar-refractivity contribution in [3.63, 3.8) is 0 Å². The molecular weight excluding hydrogens is 304 g/mol. The van der Waals surface area contributed by atoms with E-state index < -0.39 is 0 Å². The Bertz CT molecular complexity index is 631. The first-order valence-electron chi connectivity index (χ1n) is 8.72. The number of anilines is 1. The van der Waals surface area contributed by atoms with Crippen LogP contribution in [0.15, 0.2) is 18.2 Å². The fraction of sp³-hybridized carbons (Fsp3) is 0.556. The van der Waals surface area contributed by atoms with Gasteiger partial charge in [-0.2, -0.15) is 0 Å². The third kappa shape index (κ3) is 3.38. The minimum absolute atomic E-state index is 0.0719. The molecule has 0 saturated carbocycles. The summed E-state index contributed by atoms with van der Waals surface area (Å²) in [7, 11) is 1.61. The molecule has 0 aromatic heterocycles. The highest BCUT2D eigenvalue weighted by Gasteiger charge is 2.31. The molecule has 24 heavy (non-hydrogen) atoms. The Hall–Kier alpha value is -2.08. The molecule has 130 valence electrons. The summed E-state index contributed by atoms with van der Waals surface area (Å²) in [4.78, 5) is 28.9. The van der Waals surface area contributed by atoms with E-state index >= 15 is 0 Å². The smallest absolute Gasteiger partial charge is 0.321 e. The average Bonchev–Trinajstić information content (AvgIpc) is 2.62. The van der Waals surface area contributed by atoms with Crippen LogP contribution in [0.4, 0.5) is 10.5 Å². The van der Waals surface area contributed by atoms with E-state index in [2.05, 4.69) is 15.5 Å². The maximum Gasteiger partial charge on any atom is 0.321 e. The Morgan fingerprint density at radius 3 is 2.79 bits per heavy atom. The molecule has 0 spiro atoms. The average molecular weight is 330 g/mol. The highest BCUT2D eigenvalue weighted by Crippen LogP contribution is 2.23. The molecule has 1 aromatic rings. The van der Waals surface area contributed by atoms with Crippen molar-refractivity contribution >= 4 is 17.6 Å². The number of hydrogen-bond donors (Lipinski definition) is 2. The van der Waals surface area contributed by atoms with Crippen LogP contribution in [0.3, 0.4) is 0 Å². The van der Waals surface area contributed by atoms with Gasteiger partial charge in [0.05, 0.1) is 0 Å². The van der Waals surface area contributed by atoms with Gasteiger partial charge >= 0.3 is 6.03 Å². The number of nitrogens with zero attached hydrogens (tertiary/aromatic N) is 2. The SMILES string of the molecule is CNC(=O)c1cccc(NC(=O)N2CCN3CCCC[C@H]3C2)c1C. The number of carbonyl (C=O) groups excluding carboxylic acids is 2. The zero-order valence-electron chi connectivity index (χ0n) is 14.5. The molecule has 2 N–H and O–H groups in total. The van der Waals surface area contributed by atoms with Crippen molar-refractivity contribution in [3.8, 4) is 0 Å². The minimum Gasteiger partial charge on any atom is -0.355 e. The zero-order chi connectivity index (χ0) is 17.1. The predicted molar refractivity (Wildman–Crippen MR) is 94.4 cm³/mol. The lowest BCUT2D eigenvalue weighted by Crippen LogP contribution is -2.56. The summed E-state index contributed by atoms with van der Waals surface area (Å²) in [5.74, 6) is -0.139. The molecule has 1 atom stereocenters. The molecule has 3 rings (SSSR count). The summed E-state index contributed by atoms with van der Waals surface area (Å²) in [6.45, 7) is 5.53. The van der Waals surface area contributed by atoms with Gasteiger partial charge in [0, 0.05) is 44.0 Å². The number of benzene rings is 1. The van der Waals surface area contributed by atoms with Crippen LogP contribution in [-0.4, -0.2) is 61.0 Å². The van der Waals surface area contributed by atoms with Crippen LogP contribution >= 0.6 is 0 Å². The molecule has 2 fully saturated rings. The molecule has 2 aliphatic heterocycles. The third-order valence-corrected chi connectivity index (χ3v) is 5.17. The molecule has 0 unspecified atom stereocenters. The molecular formula is C18H26N4O2. The molecule has 2 heterocycles. The molecule has 3 amide bonds. The highest BCUT2D eigenvalue weighted by molar-refractivity contribution is 5.98. The Balaban J connectivity index is 1.68. The van der Waals surface area contributed by atoms with Crippen LogP contribution in [0, 0.1) is 6.92 Å². The summed E-state index contributed by atoms with van der Waals surface area (Å²) in [5, 5.41) is 5.61. The standard InChI is InChI=1S/C18H26N4O2/c1-13-15(17(23)19-2)7-5-8-16(13)20-18(24)22-11-10-21-9-4-3-6-14(21)12-22/h5,7-8,14H,3-4,6,9-12H2,1-2H3,(H,19,23)(H,20,24)/t14-/m0/s1. The summed E-state index contributed by atoms with van der Waals surface area (Å²) < 4.78 is 0. The van der Waals surface area contributed by atoms with E-state index in [4.69, 9.17) is 0 Å². The van der Waals surface area contributed by atoms with Gasteiger partial charge in [-0.1, -0.05) is 12.5 Å². The predicted octanol–water partition coefficient (Wildman–Crippen LogP) is 2.06. The maximum atomic E-state index is 12.6. The Morgan fingerprint density at radius 2 is 2.00 bits per heavy atom. The number of piperidine rings is 1. The van der Waals surface area contributed by atoms with Crippen molar-refractivity contribution in [2.45, 2.75) is 32.2 Å². The van der Waals surface area contributed by atoms with Gasteiger partial charge in [0.15, 0.2) is 0 Å². The highest BCUT2D eigenvalue weighted by atomic mass is 16.2. The molecule has 0 radical (unpaired) electrons. The first-order chi connectivity index (χ1) is 11.6. The van der Waals surface area contributed by atoms with E-state index in [1.165, 1.54) is 19.3 Å². The monoisotopic (exact) mass is 330 g/mol. The second-order valence-corrected chi connectivity index (χ2v) is 6.62. The van der Waals surface area contributed by atoms with Crippen LogP contribution in [0.25, 0.3) is 0 Å². The fourth-order valence-electron chi connectivity index (χ4n) is 3.69. The van der Waals surface area contributed by atoms with Crippen LogP contribution in [0.5, 0.6) is 0 Å². The van der Waals surface area contributed by atoms with E-state index in [-0.39, 0.29) is 11.9 Å². The molecule has 2 aliphatic rings. The second-order valence-electron chi connectivity index (χ2n) is 6.62. The van der Waals surface area contributed by atoms with Crippen molar-refractivity contribution in [3.05, 3.63) is 29.3 Å². The topological polar surface area (TPSA) is 64.7 Å². The van der Waals surface area contributed by atoms with Gasteiger partial charge in [-0.25, -0.2) is 4.79 Å². The lowest BCUT2D eigenvalue weighted by atomic mass is 10.00. The van der Waals surface area contributed by atoms with Gasteiger partial charge < -0.3 is 15.5 Å². The van der Waals surface area contributed by atoms with E-state index in [1.54, 1.807) is 19.2 Å². The summed E-state index contributed by atoms with van der Waals surface area (Å²) >= 11 is 0. The molecule has 1 aromatic carbocycles. The lowest BCUT2D eigenvalue weighted by Gasteiger charge is -2.43. The van der Waals surface area contributed by atoms with Crippen molar-refractivity contribution in [1.82, 2.24) is 15.1 Å². The van der Waals surface area contributed by atoms with E-state index in [0.29, 0.717) is 17.3 Å². The Kier molecular flexibility index (Phi) is 5.04. The van der Waals surface area contributed by atoms with Gasteiger partial charge in [-0.05, 0) is 44.0 Å². The van der Waals surface area contributed by atoms with Crippen LogP contribution < -0.4 is 10.6 Å². The van der Waals surface area contributed by atoms with Gasteiger partial charge in [-0.3, -0.25) is 9.69 Å². The number of urea groups is 1. The maximum absolute atomic E-state index is 12.6. The minimum atomic E-state index is -0.139. The quantitative estimate of drug-likeness (QED) is 0.872. The number of rotatable bonds is 2. The number of carbonyl (C=O) groups is 2. The van der Waals surface area contributed by atoms with E-state index in [1.807, 2.05) is 17.9 Å². The van der Waals surface area contributed by atoms with Crippen molar-refractivity contribution in [2.75, 3.05) is 38.5 Å². The largest absolute Gasteiger partial charge is 0.355 e. The molecule has 0 bridgehead atoms. The fourth-order valence-corrected chi connectivity index (χ4v) is 3.69. The summed E-state index contributed by atoms with van der Waals surface area (Å²) in [6, 6.07) is 5.84. The molecule has 0 aliphatic carbocycles. The number of piperazine rings is 1. The summed E-state index contributed by atoms with van der Waals surface area (Å²) in [6.07, 6.45) is 3.70. The number of nitrogens with one attached hydrogen (secondary N) is 2. The van der Waals surface area contributed by atoms with Gasteiger partial charge in [0.1, 0.15) is 0 Å². The van der Waals surface area contributed by atoms with Gasteiger partial charge in [0.25, 0.3) is 5.91 Å². The number of fused-ring (bicyclic) bond motifs is 1. The van der Waals surface area contributed by atoms with Crippen LogP contribution in [0.2, 0.25) is 0 Å². The first-order valence-corrected chi connectivity index (χ1v) is 8.72. The molecule has 6 heteroatoms. The van der Waals surface area contributed by atoms with Crippen molar-refractivity contribution in [2.24, 2.45) is 0 Å². The molecule has 6 nitrogen and oxygen atoms in total. The van der Waals surface area contributed by atoms with Crippen LogP contribution in [0.1, 0.15) is 35.2 Å². The van der Waals surface area contributed by atoms with Gasteiger partial charge in [0.2, 0.25) is 0 Å². The summed E-state index contributed by atoms with van der Waals surface area (Å²) in [5.41, 5.74) is 2.08. The van der Waals surface area contributed by atoms with Gasteiger partial charge in [-0.15, -0.1) is 0 Å². The van der Waals surface area contributed by atoms with E-state index in [0.717, 1.165) is 31.7 Å². The molecule has 2 saturated heterocycles. The van der Waals surface area contributed by atoms with Crippen molar-refractivity contribution in [1.29, 1.82) is 0 Å². The van der Waals surface area contributed by atoms with E-state index in [9.17, 15) is 9.59 Å². The first kappa shape index (κ1) is 16.8. The zero-order valence-corrected chi connectivity index (χ0v) is 14.5. The second kappa shape index (κ2) is 7.21. The Morgan fingerprint density at radius 1 is 1.17 bits per heavy atom.